The third kappa shape index (κ3) is 4.34. The Morgan fingerprint density at radius 3 is 2.25 bits per heavy atom. The van der Waals surface area contributed by atoms with E-state index in [4.69, 9.17) is 10.9 Å². The van der Waals surface area contributed by atoms with Crippen molar-refractivity contribution in [2.75, 3.05) is 37.4 Å². The van der Waals surface area contributed by atoms with Crippen molar-refractivity contribution in [3.8, 4) is 0 Å². The number of hydrogen-bond donors (Lipinski definition) is 3. The molecule has 0 aromatic heterocycles. The molecule has 0 spiro atoms. The number of hydrogen-bond acceptors (Lipinski definition) is 6. The summed E-state index contributed by atoms with van der Waals surface area (Å²) in [4.78, 5) is -0.0959. The number of nitrogens with two attached hydrogens (primary N) is 2. The summed E-state index contributed by atoms with van der Waals surface area (Å²) in [5.41, 5.74) is 6.32. The number of primary sulfonamides is 1. The number of anilines is 2. The van der Waals surface area contributed by atoms with Gasteiger partial charge in [0.15, 0.2) is 0 Å². The van der Waals surface area contributed by atoms with Crippen molar-refractivity contribution in [2.24, 2.45) is 5.14 Å². The van der Waals surface area contributed by atoms with E-state index >= 15 is 0 Å². The smallest absolute Gasteiger partial charge is 0.238 e. The number of nitrogens with one attached hydrogen (secondary N) is 1. The second kappa shape index (κ2) is 5.95. The Hall–Kier alpha value is -1.36. The molecule has 1 aromatic carbocycles. The summed E-state index contributed by atoms with van der Waals surface area (Å²) >= 11 is 0. The maximum absolute atomic E-state index is 11.5. The number of sulfonamides is 2. The fourth-order valence-electron chi connectivity index (χ4n) is 1.38. The first-order valence-electron chi connectivity index (χ1n) is 5.60. The van der Waals surface area contributed by atoms with Crippen molar-refractivity contribution < 1.29 is 16.8 Å². The van der Waals surface area contributed by atoms with E-state index in [1.54, 1.807) is 0 Å². The first-order valence-corrected chi connectivity index (χ1v) is 8.76. The van der Waals surface area contributed by atoms with Gasteiger partial charge in [-0.15, -0.1) is 0 Å². The van der Waals surface area contributed by atoms with E-state index in [2.05, 4.69) is 5.32 Å². The average Bonchev–Trinajstić information content (AvgIpc) is 2.29. The molecule has 1 rings (SSSR count). The largest absolute Gasteiger partial charge is 0.397 e. The zero-order valence-corrected chi connectivity index (χ0v) is 12.8. The van der Waals surface area contributed by atoms with E-state index in [0.29, 0.717) is 5.69 Å². The lowest BCUT2D eigenvalue weighted by molar-refractivity contribution is 0.521. The Balaban J connectivity index is 2.76. The molecule has 0 amide bonds. The minimum Gasteiger partial charge on any atom is -0.397 e. The van der Waals surface area contributed by atoms with Crippen LogP contribution in [0.15, 0.2) is 23.1 Å². The summed E-state index contributed by atoms with van der Waals surface area (Å²) in [6.07, 6.45) is 0. The molecule has 0 aliphatic carbocycles. The first kappa shape index (κ1) is 16.7. The lowest BCUT2D eigenvalue weighted by Crippen LogP contribution is -2.28. The van der Waals surface area contributed by atoms with Crippen LogP contribution in [0.3, 0.4) is 0 Å². The third-order valence-corrected chi connectivity index (χ3v) is 5.33. The molecular weight excluding hydrogens is 304 g/mol. The molecule has 5 N–H and O–H groups in total. The van der Waals surface area contributed by atoms with Crippen LogP contribution in [-0.4, -0.2) is 47.5 Å². The fourth-order valence-corrected chi connectivity index (χ4v) is 2.65. The second-order valence-electron chi connectivity index (χ2n) is 4.32. The van der Waals surface area contributed by atoms with Gasteiger partial charge in [-0.2, -0.15) is 0 Å². The van der Waals surface area contributed by atoms with Crippen LogP contribution in [0.5, 0.6) is 0 Å². The zero-order valence-electron chi connectivity index (χ0n) is 11.2. The summed E-state index contributed by atoms with van der Waals surface area (Å²) < 4.78 is 46.5. The minimum absolute atomic E-state index is 0.0959. The Labute approximate surface area is 118 Å². The number of nitrogen functional groups attached to an aromatic ring is 1. The van der Waals surface area contributed by atoms with Gasteiger partial charge in [-0.1, -0.05) is 0 Å². The maximum Gasteiger partial charge on any atom is 0.238 e. The predicted octanol–water partition coefficient (Wildman–Crippen LogP) is -0.780. The summed E-state index contributed by atoms with van der Waals surface area (Å²) in [6, 6.07) is 3.96. The molecule has 0 unspecified atom stereocenters. The molecule has 1 aromatic rings. The van der Waals surface area contributed by atoms with Crippen molar-refractivity contribution in [2.45, 2.75) is 4.90 Å². The van der Waals surface area contributed by atoms with E-state index in [1.165, 1.54) is 32.3 Å². The standard InChI is InChI=1S/C10H18N4O4S2/c1-14(2)19(15,16)6-5-13-10-4-3-8(7-9(10)11)20(12,17)18/h3-4,7,13H,5-6,11H2,1-2H3,(H2,12,17,18). The molecule has 0 heterocycles. The van der Waals surface area contributed by atoms with Crippen molar-refractivity contribution in [3.63, 3.8) is 0 Å². The summed E-state index contributed by atoms with van der Waals surface area (Å²) in [7, 11) is -4.21. The Morgan fingerprint density at radius 1 is 1.20 bits per heavy atom. The van der Waals surface area contributed by atoms with Crippen LogP contribution in [0, 0.1) is 0 Å². The van der Waals surface area contributed by atoms with Crippen LogP contribution in [0.1, 0.15) is 0 Å². The van der Waals surface area contributed by atoms with Gasteiger partial charge < -0.3 is 11.1 Å². The quantitative estimate of drug-likeness (QED) is 0.588. The average molecular weight is 322 g/mol. The number of rotatable bonds is 6. The Kier molecular flexibility index (Phi) is 4.97. The highest BCUT2D eigenvalue weighted by Crippen LogP contribution is 2.21. The summed E-state index contributed by atoms with van der Waals surface area (Å²) in [5, 5.41) is 7.81. The van der Waals surface area contributed by atoms with Crippen LogP contribution in [0.25, 0.3) is 0 Å². The molecule has 0 bridgehead atoms. The molecule has 0 aliphatic rings. The van der Waals surface area contributed by atoms with E-state index in [1.807, 2.05) is 0 Å². The number of benzene rings is 1. The van der Waals surface area contributed by atoms with Gasteiger partial charge in [0.25, 0.3) is 0 Å². The van der Waals surface area contributed by atoms with Gasteiger partial charge in [-0.25, -0.2) is 26.3 Å². The lowest BCUT2D eigenvalue weighted by atomic mass is 10.2. The van der Waals surface area contributed by atoms with E-state index in [0.717, 1.165) is 4.31 Å². The summed E-state index contributed by atoms with van der Waals surface area (Å²) in [5.74, 6) is -0.101. The van der Waals surface area contributed by atoms with Gasteiger partial charge >= 0.3 is 0 Å². The highest BCUT2D eigenvalue weighted by Gasteiger charge is 2.14. The fraction of sp³-hybridized carbons (Fsp3) is 0.400. The molecule has 0 aliphatic heterocycles. The van der Waals surface area contributed by atoms with Crippen LogP contribution in [0.2, 0.25) is 0 Å². The van der Waals surface area contributed by atoms with Gasteiger partial charge in [0.1, 0.15) is 0 Å². The Morgan fingerprint density at radius 2 is 1.80 bits per heavy atom. The van der Waals surface area contributed by atoms with Gasteiger partial charge in [-0.05, 0) is 18.2 Å². The van der Waals surface area contributed by atoms with Gasteiger partial charge in [-0.3, -0.25) is 0 Å². The van der Waals surface area contributed by atoms with Gasteiger partial charge in [0, 0.05) is 20.6 Å². The third-order valence-electron chi connectivity index (χ3n) is 2.58. The SMILES string of the molecule is CN(C)S(=O)(=O)CCNc1ccc(S(N)(=O)=O)cc1N. The molecular formula is C10H18N4O4S2. The van der Waals surface area contributed by atoms with Crippen molar-refractivity contribution in [1.29, 1.82) is 0 Å². The minimum atomic E-state index is -3.81. The monoisotopic (exact) mass is 322 g/mol. The zero-order chi connectivity index (χ0) is 15.6. The molecule has 0 saturated heterocycles. The van der Waals surface area contributed by atoms with Crippen LogP contribution in [-0.2, 0) is 20.0 Å². The highest BCUT2D eigenvalue weighted by atomic mass is 32.2. The molecule has 0 fully saturated rings. The van der Waals surface area contributed by atoms with Crippen molar-refractivity contribution in [3.05, 3.63) is 18.2 Å². The normalized spacial score (nSPS) is 12.6. The molecule has 0 radical (unpaired) electrons. The molecule has 8 nitrogen and oxygen atoms in total. The van der Waals surface area contributed by atoms with Crippen LogP contribution < -0.4 is 16.2 Å². The maximum atomic E-state index is 11.5. The molecule has 114 valence electrons. The first-order chi connectivity index (χ1) is 9.04. The number of nitrogens with zero attached hydrogens (tertiary/aromatic N) is 1. The van der Waals surface area contributed by atoms with Gasteiger partial charge in [0.05, 0.1) is 22.0 Å². The highest BCUT2D eigenvalue weighted by molar-refractivity contribution is 7.89. The van der Waals surface area contributed by atoms with E-state index in [-0.39, 0.29) is 22.9 Å². The summed E-state index contributed by atoms with van der Waals surface area (Å²) in [6.45, 7) is 0.152. The van der Waals surface area contributed by atoms with Gasteiger partial charge in [0.2, 0.25) is 20.0 Å². The Bertz CT molecular complexity index is 683. The van der Waals surface area contributed by atoms with Crippen molar-refractivity contribution >= 4 is 31.4 Å². The molecule has 0 saturated carbocycles. The molecule has 10 heteroatoms. The molecule has 20 heavy (non-hydrogen) atoms. The molecule has 0 atom stereocenters. The van der Waals surface area contributed by atoms with Crippen molar-refractivity contribution in [1.82, 2.24) is 4.31 Å². The van der Waals surface area contributed by atoms with Crippen LogP contribution >= 0.6 is 0 Å². The van der Waals surface area contributed by atoms with E-state index in [9.17, 15) is 16.8 Å². The lowest BCUT2D eigenvalue weighted by Gasteiger charge is -2.13. The van der Waals surface area contributed by atoms with Crippen LogP contribution in [0.4, 0.5) is 11.4 Å². The van der Waals surface area contributed by atoms with E-state index < -0.39 is 20.0 Å². The second-order valence-corrected chi connectivity index (χ2v) is 8.18. The predicted molar refractivity (Wildman–Crippen MR) is 78.2 cm³/mol. The topological polar surface area (TPSA) is 136 Å².